The van der Waals surface area contributed by atoms with E-state index in [1.165, 1.54) is 42.9 Å². The van der Waals surface area contributed by atoms with Crippen molar-refractivity contribution in [3.8, 4) is 0 Å². The number of nitrogens with two attached hydrogens (primary N) is 1. The molecule has 0 fully saturated rings. The quantitative estimate of drug-likeness (QED) is 0.386. The van der Waals surface area contributed by atoms with E-state index in [2.05, 4.69) is 19.7 Å². The molecule has 4 rings (SSSR count). The number of carbonyl (C=O) groups excluding carboxylic acids is 1. The molecule has 0 saturated heterocycles. The summed E-state index contributed by atoms with van der Waals surface area (Å²) in [7, 11) is -3.94. The summed E-state index contributed by atoms with van der Waals surface area (Å²) in [5.74, 6) is -0.195. The molecule has 0 radical (unpaired) electrons. The fourth-order valence-electron chi connectivity index (χ4n) is 2.90. The van der Waals surface area contributed by atoms with Crippen LogP contribution >= 0.6 is 23.2 Å². The number of rotatable bonds is 5. The highest BCUT2D eigenvalue weighted by atomic mass is 35.5. The number of anilines is 2. The number of hydrogen-bond acceptors (Lipinski definition) is 6. The van der Waals surface area contributed by atoms with E-state index in [-0.39, 0.29) is 43.4 Å². The molecule has 2 heterocycles. The number of aromatic nitrogens is 3. The zero-order chi connectivity index (χ0) is 21.5. The second-order valence-electron chi connectivity index (χ2n) is 6.28. The van der Waals surface area contributed by atoms with Gasteiger partial charge in [0.05, 0.1) is 25.9 Å². The van der Waals surface area contributed by atoms with Crippen LogP contribution in [-0.4, -0.2) is 29.2 Å². The molecule has 0 saturated carbocycles. The smallest absolute Gasteiger partial charge is 0.261 e. The van der Waals surface area contributed by atoms with Gasteiger partial charge in [-0.05, 0) is 30.3 Å². The van der Waals surface area contributed by atoms with Crippen molar-refractivity contribution in [3.63, 3.8) is 0 Å². The predicted molar refractivity (Wildman–Crippen MR) is 115 cm³/mol. The van der Waals surface area contributed by atoms with Crippen LogP contribution < -0.4 is 10.5 Å². The van der Waals surface area contributed by atoms with Crippen LogP contribution in [0.4, 0.5) is 11.5 Å². The number of nitrogen functional groups attached to an aromatic ring is 1. The molecular formula is C19H13Cl2N5O3S. The first kappa shape index (κ1) is 20.1. The third kappa shape index (κ3) is 3.70. The summed E-state index contributed by atoms with van der Waals surface area (Å²) in [4.78, 5) is 23.8. The molecule has 4 N–H and O–H groups in total. The number of fused-ring (bicyclic) bond motifs is 1. The first-order chi connectivity index (χ1) is 14.3. The number of benzene rings is 2. The van der Waals surface area contributed by atoms with E-state index >= 15 is 0 Å². The van der Waals surface area contributed by atoms with Gasteiger partial charge in [0.1, 0.15) is 17.8 Å². The van der Waals surface area contributed by atoms with E-state index in [1.54, 1.807) is 12.1 Å². The highest BCUT2D eigenvalue weighted by Gasteiger charge is 2.20. The van der Waals surface area contributed by atoms with Gasteiger partial charge in [-0.2, -0.15) is 0 Å². The van der Waals surface area contributed by atoms with Gasteiger partial charge in [-0.15, -0.1) is 0 Å². The Labute approximate surface area is 181 Å². The fourth-order valence-corrected chi connectivity index (χ4v) is 4.34. The topological polar surface area (TPSA) is 131 Å². The van der Waals surface area contributed by atoms with E-state index in [0.29, 0.717) is 11.0 Å². The number of H-pyrrole nitrogens is 1. The van der Waals surface area contributed by atoms with Crippen molar-refractivity contribution in [3.05, 3.63) is 76.2 Å². The summed E-state index contributed by atoms with van der Waals surface area (Å²) in [5.41, 5.74) is 7.06. The first-order valence-electron chi connectivity index (χ1n) is 8.46. The summed E-state index contributed by atoms with van der Waals surface area (Å²) in [5, 5.41) is 0.761. The maximum atomic E-state index is 13.0. The molecule has 0 bridgehead atoms. The molecule has 0 aliphatic rings. The molecule has 8 nitrogen and oxygen atoms in total. The predicted octanol–water partition coefficient (Wildman–Crippen LogP) is 3.88. The highest BCUT2D eigenvalue weighted by Crippen LogP contribution is 2.27. The maximum absolute atomic E-state index is 13.0. The lowest BCUT2D eigenvalue weighted by Gasteiger charge is -2.10. The number of hydrogen-bond donors (Lipinski definition) is 3. The summed E-state index contributed by atoms with van der Waals surface area (Å²) in [6.45, 7) is 0. The van der Waals surface area contributed by atoms with Crippen LogP contribution in [0.1, 0.15) is 15.9 Å². The van der Waals surface area contributed by atoms with Crippen molar-refractivity contribution < 1.29 is 13.2 Å². The van der Waals surface area contributed by atoms with E-state index < -0.39 is 10.0 Å². The van der Waals surface area contributed by atoms with Crippen molar-refractivity contribution in [2.45, 2.75) is 4.90 Å². The Morgan fingerprint density at radius 2 is 1.87 bits per heavy atom. The number of aromatic amines is 1. The van der Waals surface area contributed by atoms with Crippen molar-refractivity contribution in [2.24, 2.45) is 0 Å². The Bertz CT molecular complexity index is 1400. The van der Waals surface area contributed by atoms with Gasteiger partial charge in [-0.1, -0.05) is 35.3 Å². The molecule has 0 atom stereocenters. The van der Waals surface area contributed by atoms with Gasteiger partial charge >= 0.3 is 0 Å². The SMILES string of the molecule is Nc1ncnc2[nH]cc(C(=O)c3cccc(NS(=O)(=O)c4ccc(Cl)c(Cl)c4)c3)c12. The van der Waals surface area contributed by atoms with Gasteiger partial charge in [-0.3, -0.25) is 9.52 Å². The Kier molecular flexibility index (Phi) is 5.10. The molecule has 0 spiro atoms. The Morgan fingerprint density at radius 3 is 2.63 bits per heavy atom. The number of sulfonamides is 1. The zero-order valence-corrected chi connectivity index (χ0v) is 17.4. The molecule has 2 aromatic carbocycles. The van der Waals surface area contributed by atoms with Crippen LogP contribution in [-0.2, 0) is 10.0 Å². The number of ketones is 1. The van der Waals surface area contributed by atoms with Crippen molar-refractivity contribution in [1.82, 2.24) is 15.0 Å². The van der Waals surface area contributed by atoms with Crippen LogP contribution in [0.2, 0.25) is 10.0 Å². The third-order valence-electron chi connectivity index (χ3n) is 4.32. The van der Waals surface area contributed by atoms with E-state index in [1.807, 2.05) is 0 Å². The van der Waals surface area contributed by atoms with Gasteiger partial charge in [0, 0.05) is 17.4 Å². The minimum Gasteiger partial charge on any atom is -0.383 e. The highest BCUT2D eigenvalue weighted by molar-refractivity contribution is 7.92. The molecule has 0 aliphatic carbocycles. The first-order valence-corrected chi connectivity index (χ1v) is 10.7. The second-order valence-corrected chi connectivity index (χ2v) is 8.77. The lowest BCUT2D eigenvalue weighted by molar-refractivity contribution is 0.104. The van der Waals surface area contributed by atoms with Gasteiger partial charge < -0.3 is 10.7 Å². The minimum absolute atomic E-state index is 0.0600. The average Bonchev–Trinajstić information content (AvgIpc) is 3.15. The summed E-state index contributed by atoms with van der Waals surface area (Å²) in [6.07, 6.45) is 2.78. The Balaban J connectivity index is 1.67. The van der Waals surface area contributed by atoms with Crippen molar-refractivity contribution in [2.75, 3.05) is 10.5 Å². The normalized spacial score (nSPS) is 11.5. The monoisotopic (exact) mass is 461 g/mol. The second kappa shape index (κ2) is 7.60. The maximum Gasteiger partial charge on any atom is 0.261 e. The van der Waals surface area contributed by atoms with E-state index in [4.69, 9.17) is 28.9 Å². The van der Waals surface area contributed by atoms with Crippen molar-refractivity contribution >= 4 is 61.5 Å². The molecule has 0 aliphatic heterocycles. The van der Waals surface area contributed by atoms with E-state index in [9.17, 15) is 13.2 Å². The lowest BCUT2D eigenvalue weighted by Crippen LogP contribution is -2.13. The molecule has 152 valence electrons. The third-order valence-corrected chi connectivity index (χ3v) is 6.44. The van der Waals surface area contributed by atoms with E-state index in [0.717, 1.165) is 0 Å². The zero-order valence-electron chi connectivity index (χ0n) is 15.1. The molecule has 2 aromatic heterocycles. The van der Waals surface area contributed by atoms with Gasteiger partial charge in [0.2, 0.25) is 0 Å². The molecule has 30 heavy (non-hydrogen) atoms. The largest absolute Gasteiger partial charge is 0.383 e. The standard InChI is InChI=1S/C19H13Cl2N5O3S/c20-14-5-4-12(7-15(14)21)30(28,29)26-11-3-1-2-10(6-11)17(27)13-8-23-19-16(13)18(22)24-9-25-19/h1-9,26H,(H3,22,23,24,25). The van der Waals surface area contributed by atoms with Gasteiger partial charge in [0.25, 0.3) is 10.0 Å². The lowest BCUT2D eigenvalue weighted by atomic mass is 10.0. The van der Waals surface area contributed by atoms with Crippen LogP contribution in [0, 0.1) is 0 Å². The van der Waals surface area contributed by atoms with Crippen LogP contribution in [0.15, 0.2) is 59.9 Å². The van der Waals surface area contributed by atoms with Gasteiger partial charge in [-0.25, -0.2) is 18.4 Å². The summed E-state index contributed by atoms with van der Waals surface area (Å²) >= 11 is 11.8. The Morgan fingerprint density at radius 1 is 1.07 bits per heavy atom. The van der Waals surface area contributed by atoms with Crippen LogP contribution in [0.5, 0.6) is 0 Å². The molecule has 0 amide bonds. The number of carbonyl (C=O) groups is 1. The van der Waals surface area contributed by atoms with Crippen molar-refractivity contribution in [1.29, 1.82) is 0 Å². The fraction of sp³-hybridized carbons (Fsp3) is 0. The molecular weight excluding hydrogens is 449 g/mol. The summed E-state index contributed by atoms with van der Waals surface area (Å²) in [6, 6.07) is 10.1. The van der Waals surface area contributed by atoms with Crippen LogP contribution in [0.3, 0.4) is 0 Å². The minimum atomic E-state index is -3.94. The van der Waals surface area contributed by atoms with Crippen LogP contribution in [0.25, 0.3) is 11.0 Å². The Hall–Kier alpha value is -3.14. The molecule has 11 heteroatoms. The number of halogens is 2. The van der Waals surface area contributed by atoms with Gasteiger partial charge in [0.15, 0.2) is 5.78 Å². The number of nitrogens with zero attached hydrogens (tertiary/aromatic N) is 2. The number of nitrogens with one attached hydrogen (secondary N) is 2. The average molecular weight is 462 g/mol. The summed E-state index contributed by atoms with van der Waals surface area (Å²) < 4.78 is 27.7. The molecule has 0 unspecified atom stereocenters. The molecule has 4 aromatic rings.